The number of hydrogen-bond donors (Lipinski definition) is 1. The van der Waals surface area contributed by atoms with Gasteiger partial charge in [-0.15, -0.1) is 0 Å². The second kappa shape index (κ2) is 5.75. The number of halogens is 4. The molecule has 0 amide bonds. The van der Waals surface area contributed by atoms with Gasteiger partial charge in [0.2, 0.25) is 0 Å². The van der Waals surface area contributed by atoms with E-state index in [0.29, 0.717) is 16.7 Å². The first-order valence-electron chi connectivity index (χ1n) is 5.37. The quantitative estimate of drug-likeness (QED) is 0.920. The smallest absolute Gasteiger partial charge is 0.376 e. The number of hydrogen-bond acceptors (Lipinski definition) is 2. The van der Waals surface area contributed by atoms with E-state index in [9.17, 15) is 23.1 Å². The highest BCUT2D eigenvalue weighted by Crippen LogP contribution is 2.35. The molecule has 0 unspecified atom stereocenters. The average Bonchev–Trinajstić information content (AvgIpc) is 2.26. The molecule has 1 aromatic carbocycles. The Bertz CT molecular complexity index is 480. The lowest BCUT2D eigenvalue weighted by molar-refractivity contribution is -0.240. The molecule has 0 saturated heterocycles. The Kier molecular flexibility index (Phi) is 4.76. The van der Waals surface area contributed by atoms with E-state index in [1.54, 1.807) is 0 Å². The zero-order valence-electron chi connectivity index (χ0n) is 10.0. The van der Waals surface area contributed by atoms with Crippen LogP contribution in [0.3, 0.4) is 0 Å². The minimum atomic E-state index is -4.92. The van der Waals surface area contributed by atoms with Crippen molar-refractivity contribution in [2.45, 2.75) is 25.1 Å². The first-order valence-corrected chi connectivity index (χ1v) is 5.75. The highest BCUT2D eigenvalue weighted by atomic mass is 35.5. The van der Waals surface area contributed by atoms with E-state index in [4.69, 9.17) is 11.6 Å². The Morgan fingerprint density at radius 1 is 1.32 bits per heavy atom. The minimum Gasteiger partial charge on any atom is -0.376 e. The van der Waals surface area contributed by atoms with E-state index in [-0.39, 0.29) is 0 Å². The van der Waals surface area contributed by atoms with E-state index in [2.05, 4.69) is 0 Å². The van der Waals surface area contributed by atoms with Crippen molar-refractivity contribution in [1.29, 1.82) is 0 Å². The normalized spacial score (nSPS) is 15.5. The summed E-state index contributed by atoms with van der Waals surface area (Å²) < 4.78 is 38.3. The van der Waals surface area contributed by atoms with Gasteiger partial charge >= 0.3 is 6.18 Å². The van der Waals surface area contributed by atoms with Gasteiger partial charge in [0.05, 0.1) is 0 Å². The van der Waals surface area contributed by atoms with Crippen LogP contribution < -0.4 is 0 Å². The second-order valence-electron chi connectivity index (χ2n) is 4.19. The lowest BCUT2D eigenvalue weighted by atomic mass is 9.95. The van der Waals surface area contributed by atoms with Crippen LogP contribution in [0.2, 0.25) is 5.02 Å². The SMILES string of the molecule is CC(=O)C[C@](O)(/C=C/c1ccc(Cl)cc1)C(F)(F)F. The molecule has 0 saturated carbocycles. The molecule has 1 N–H and O–H groups in total. The van der Waals surface area contributed by atoms with Crippen molar-refractivity contribution in [1.82, 2.24) is 0 Å². The zero-order chi connectivity index (χ0) is 14.7. The molecular weight excluding hydrogens is 281 g/mol. The fourth-order valence-corrected chi connectivity index (χ4v) is 1.57. The van der Waals surface area contributed by atoms with Gasteiger partial charge in [-0.1, -0.05) is 29.8 Å². The van der Waals surface area contributed by atoms with Gasteiger partial charge in [-0.05, 0) is 30.7 Å². The summed E-state index contributed by atoms with van der Waals surface area (Å²) in [6, 6.07) is 6.03. The van der Waals surface area contributed by atoms with Gasteiger partial charge in [-0.2, -0.15) is 13.2 Å². The molecule has 1 atom stereocenters. The number of aliphatic hydroxyl groups is 1. The van der Waals surface area contributed by atoms with Crippen molar-refractivity contribution in [3.8, 4) is 0 Å². The first kappa shape index (κ1) is 15.7. The molecule has 0 radical (unpaired) electrons. The molecule has 6 heteroatoms. The second-order valence-corrected chi connectivity index (χ2v) is 4.62. The molecule has 0 aromatic heterocycles. The maximum Gasteiger partial charge on any atom is 0.421 e. The molecule has 104 valence electrons. The van der Waals surface area contributed by atoms with Gasteiger partial charge in [0.15, 0.2) is 5.60 Å². The lowest BCUT2D eigenvalue weighted by Crippen LogP contribution is -2.44. The van der Waals surface area contributed by atoms with Crippen LogP contribution in [-0.4, -0.2) is 22.7 Å². The topological polar surface area (TPSA) is 37.3 Å². The lowest BCUT2D eigenvalue weighted by Gasteiger charge is -2.26. The van der Waals surface area contributed by atoms with Gasteiger partial charge in [0.1, 0.15) is 5.78 Å². The fraction of sp³-hybridized carbons (Fsp3) is 0.308. The number of rotatable bonds is 4. The third-order valence-corrected chi connectivity index (χ3v) is 2.68. The van der Waals surface area contributed by atoms with Crippen LogP contribution in [0.15, 0.2) is 30.3 Å². The van der Waals surface area contributed by atoms with E-state index in [1.165, 1.54) is 24.3 Å². The molecule has 0 bridgehead atoms. The zero-order valence-corrected chi connectivity index (χ0v) is 10.8. The van der Waals surface area contributed by atoms with Gasteiger partial charge in [-0.3, -0.25) is 4.79 Å². The maximum atomic E-state index is 12.8. The van der Waals surface area contributed by atoms with E-state index < -0.39 is 24.0 Å². The number of carbonyl (C=O) groups excluding carboxylic acids is 1. The van der Waals surface area contributed by atoms with Crippen LogP contribution in [-0.2, 0) is 4.79 Å². The number of carbonyl (C=O) groups is 1. The molecular formula is C13H12ClF3O2. The summed E-state index contributed by atoms with van der Waals surface area (Å²) in [6.45, 7) is 0.993. The van der Waals surface area contributed by atoms with E-state index >= 15 is 0 Å². The number of ketones is 1. The summed E-state index contributed by atoms with van der Waals surface area (Å²) in [5.41, 5.74) is -2.71. The summed E-state index contributed by atoms with van der Waals surface area (Å²) in [6.07, 6.45) is -4.24. The van der Waals surface area contributed by atoms with Crippen LogP contribution in [0.4, 0.5) is 13.2 Å². The number of benzene rings is 1. The standard InChI is InChI=1S/C13H12ClF3O2/c1-9(18)8-12(19,13(15,16)17)7-6-10-2-4-11(14)5-3-10/h2-7,19H,8H2,1H3/b7-6+/t12-/m1/s1. The van der Waals surface area contributed by atoms with Gasteiger partial charge in [-0.25, -0.2) is 0 Å². The molecule has 0 heterocycles. The molecule has 0 aliphatic rings. The van der Waals surface area contributed by atoms with Crippen molar-refractivity contribution in [2.24, 2.45) is 0 Å². The van der Waals surface area contributed by atoms with E-state index in [1.807, 2.05) is 0 Å². The van der Waals surface area contributed by atoms with Gasteiger partial charge < -0.3 is 5.11 Å². The third kappa shape index (κ3) is 4.36. The molecule has 1 rings (SSSR count). The Hall–Kier alpha value is -1.33. The average molecular weight is 293 g/mol. The van der Waals surface area contributed by atoms with E-state index in [0.717, 1.165) is 13.0 Å². The number of Topliss-reactive ketones (excluding diaryl/α,β-unsaturated/α-hetero) is 1. The predicted octanol–water partition coefficient (Wildman–Crippen LogP) is 3.63. The molecule has 1 aromatic rings. The first-order chi connectivity index (χ1) is 8.64. The van der Waals surface area contributed by atoms with Crippen LogP contribution in [0, 0.1) is 0 Å². The Labute approximate surface area is 113 Å². The van der Waals surface area contributed by atoms with Crippen LogP contribution in [0.1, 0.15) is 18.9 Å². The van der Waals surface area contributed by atoms with Crippen LogP contribution in [0.5, 0.6) is 0 Å². The van der Waals surface area contributed by atoms with Crippen molar-refractivity contribution in [3.63, 3.8) is 0 Å². The van der Waals surface area contributed by atoms with Crippen molar-refractivity contribution < 1.29 is 23.1 Å². The predicted molar refractivity (Wildman–Crippen MR) is 66.8 cm³/mol. The molecule has 2 nitrogen and oxygen atoms in total. The molecule has 19 heavy (non-hydrogen) atoms. The largest absolute Gasteiger partial charge is 0.421 e. The van der Waals surface area contributed by atoms with Crippen molar-refractivity contribution in [2.75, 3.05) is 0 Å². The molecule has 0 fully saturated rings. The Balaban J connectivity index is 3.01. The Morgan fingerprint density at radius 3 is 2.26 bits per heavy atom. The maximum absolute atomic E-state index is 12.8. The summed E-state index contributed by atoms with van der Waals surface area (Å²) in [5, 5.41) is 10.0. The van der Waals surface area contributed by atoms with Gasteiger partial charge in [0.25, 0.3) is 0 Å². The minimum absolute atomic E-state index is 0.440. The highest BCUT2D eigenvalue weighted by Gasteiger charge is 2.52. The summed E-state index contributed by atoms with van der Waals surface area (Å²) in [4.78, 5) is 10.9. The summed E-state index contributed by atoms with van der Waals surface area (Å²) in [5.74, 6) is -0.749. The third-order valence-electron chi connectivity index (χ3n) is 2.43. The van der Waals surface area contributed by atoms with Crippen LogP contribution >= 0.6 is 11.6 Å². The van der Waals surface area contributed by atoms with Crippen LogP contribution in [0.25, 0.3) is 6.08 Å². The van der Waals surface area contributed by atoms with Gasteiger partial charge in [0, 0.05) is 11.4 Å². The van der Waals surface area contributed by atoms with Crippen molar-refractivity contribution >= 4 is 23.5 Å². The number of alkyl halides is 3. The highest BCUT2D eigenvalue weighted by molar-refractivity contribution is 6.30. The fourth-order valence-electron chi connectivity index (χ4n) is 1.44. The summed E-state index contributed by atoms with van der Waals surface area (Å²) in [7, 11) is 0. The molecule has 0 aliphatic carbocycles. The molecule has 0 aliphatic heterocycles. The Morgan fingerprint density at radius 2 is 1.84 bits per heavy atom. The summed E-state index contributed by atoms with van der Waals surface area (Å²) >= 11 is 5.65. The van der Waals surface area contributed by atoms with Crippen molar-refractivity contribution in [3.05, 3.63) is 40.9 Å². The monoisotopic (exact) mass is 292 g/mol. The molecule has 0 spiro atoms.